The molecule has 1 atom stereocenters. The second kappa shape index (κ2) is 7.86. The quantitative estimate of drug-likeness (QED) is 0.652. The number of sulfonamides is 2. The first kappa shape index (κ1) is 20.2. The molecule has 0 unspecified atom stereocenters. The Morgan fingerprint density at radius 2 is 1.70 bits per heavy atom. The van der Waals surface area contributed by atoms with Gasteiger partial charge in [0.1, 0.15) is 6.04 Å². The average molecular weight is 416 g/mol. The van der Waals surface area contributed by atoms with Crippen LogP contribution in [-0.2, 0) is 24.8 Å². The van der Waals surface area contributed by atoms with Gasteiger partial charge in [0.2, 0.25) is 26.0 Å². The predicted octanol–water partition coefficient (Wildman–Crippen LogP) is 0.807. The minimum atomic E-state index is -3.87. The number of hydrogen-bond acceptors (Lipinski definition) is 5. The summed E-state index contributed by atoms with van der Waals surface area (Å²) >= 11 is 0. The summed E-state index contributed by atoms with van der Waals surface area (Å²) in [6.07, 6.45) is 3.51. The molecule has 1 aliphatic heterocycles. The standard InChI is InChI=1S/C17H25N3O5S2/c1-2-11-18-17(21)16-4-3-12-20(16)27(24,25)15-9-7-14(8-10-15)26(22,23)19-13-5-6-13/h7-10,13,16,19H,2-6,11-12H2,1H3,(H,18,21)/t16-/m0/s1. The molecule has 1 aliphatic carbocycles. The van der Waals surface area contributed by atoms with E-state index in [4.69, 9.17) is 0 Å². The van der Waals surface area contributed by atoms with Gasteiger partial charge in [-0.3, -0.25) is 4.79 Å². The van der Waals surface area contributed by atoms with Crippen LogP contribution in [0.3, 0.4) is 0 Å². The molecule has 8 nitrogen and oxygen atoms in total. The van der Waals surface area contributed by atoms with Gasteiger partial charge in [-0.1, -0.05) is 6.92 Å². The SMILES string of the molecule is CCCNC(=O)[C@@H]1CCCN1S(=O)(=O)c1ccc(S(=O)(=O)NC2CC2)cc1. The zero-order valence-corrected chi connectivity index (χ0v) is 16.9. The van der Waals surface area contributed by atoms with Crippen molar-refractivity contribution >= 4 is 26.0 Å². The van der Waals surface area contributed by atoms with Gasteiger partial charge in [-0.2, -0.15) is 4.31 Å². The van der Waals surface area contributed by atoms with Crippen molar-refractivity contribution in [3.63, 3.8) is 0 Å². The highest BCUT2D eigenvalue weighted by molar-refractivity contribution is 7.89. The molecular formula is C17H25N3O5S2. The van der Waals surface area contributed by atoms with Crippen LogP contribution in [0, 0.1) is 0 Å². The van der Waals surface area contributed by atoms with Crippen molar-refractivity contribution in [2.24, 2.45) is 0 Å². The Labute approximate surface area is 160 Å². The Morgan fingerprint density at radius 1 is 1.07 bits per heavy atom. The molecule has 1 aromatic rings. The lowest BCUT2D eigenvalue weighted by Gasteiger charge is -2.23. The number of carbonyl (C=O) groups excluding carboxylic acids is 1. The Balaban J connectivity index is 1.78. The van der Waals surface area contributed by atoms with E-state index >= 15 is 0 Å². The highest BCUT2D eigenvalue weighted by Gasteiger charge is 2.39. The van der Waals surface area contributed by atoms with E-state index in [0.717, 1.165) is 19.3 Å². The van der Waals surface area contributed by atoms with E-state index in [-0.39, 0.29) is 28.3 Å². The lowest BCUT2D eigenvalue weighted by molar-refractivity contribution is -0.124. The second-order valence-electron chi connectivity index (χ2n) is 6.93. The molecule has 10 heteroatoms. The van der Waals surface area contributed by atoms with Gasteiger partial charge < -0.3 is 5.32 Å². The summed E-state index contributed by atoms with van der Waals surface area (Å²) in [5, 5.41) is 2.75. The van der Waals surface area contributed by atoms with Crippen LogP contribution in [-0.4, -0.2) is 52.2 Å². The third kappa shape index (κ3) is 4.50. The lowest BCUT2D eigenvalue weighted by atomic mass is 10.2. The maximum absolute atomic E-state index is 13.0. The van der Waals surface area contributed by atoms with Crippen LogP contribution in [0.2, 0.25) is 0 Å². The summed E-state index contributed by atoms with van der Waals surface area (Å²) in [4.78, 5) is 12.3. The number of benzene rings is 1. The average Bonchev–Trinajstić information content (AvgIpc) is 3.29. The normalized spacial score (nSPS) is 21.3. The first-order valence-corrected chi connectivity index (χ1v) is 12.1. The molecule has 2 N–H and O–H groups in total. The molecule has 2 aliphatic rings. The minimum Gasteiger partial charge on any atom is -0.355 e. The van der Waals surface area contributed by atoms with Gasteiger partial charge in [-0.05, 0) is 56.4 Å². The summed E-state index contributed by atoms with van der Waals surface area (Å²) in [7, 11) is -7.51. The molecule has 3 rings (SSSR count). The molecular weight excluding hydrogens is 390 g/mol. The van der Waals surface area contributed by atoms with Gasteiger partial charge in [0.15, 0.2) is 0 Å². The molecule has 0 aromatic heterocycles. The molecule has 150 valence electrons. The first-order valence-electron chi connectivity index (χ1n) is 9.17. The number of hydrogen-bond donors (Lipinski definition) is 2. The number of rotatable bonds is 8. The Morgan fingerprint density at radius 3 is 2.30 bits per heavy atom. The van der Waals surface area contributed by atoms with Gasteiger partial charge in [0, 0.05) is 19.1 Å². The fourth-order valence-corrected chi connectivity index (χ4v) is 6.03. The third-order valence-corrected chi connectivity index (χ3v) is 8.15. The Hall–Kier alpha value is -1.49. The van der Waals surface area contributed by atoms with Crippen LogP contribution in [0.25, 0.3) is 0 Å². The van der Waals surface area contributed by atoms with E-state index in [1.54, 1.807) is 0 Å². The molecule has 1 amide bonds. The second-order valence-corrected chi connectivity index (χ2v) is 10.5. The highest BCUT2D eigenvalue weighted by Crippen LogP contribution is 2.27. The van der Waals surface area contributed by atoms with E-state index < -0.39 is 26.1 Å². The van der Waals surface area contributed by atoms with Crippen molar-refractivity contribution in [1.82, 2.24) is 14.3 Å². The summed E-state index contributed by atoms with van der Waals surface area (Å²) in [6.45, 7) is 2.71. The monoisotopic (exact) mass is 415 g/mol. The molecule has 1 heterocycles. The number of nitrogens with zero attached hydrogens (tertiary/aromatic N) is 1. The molecule has 1 saturated heterocycles. The smallest absolute Gasteiger partial charge is 0.243 e. The Bertz CT molecular complexity index is 893. The molecule has 27 heavy (non-hydrogen) atoms. The van der Waals surface area contributed by atoms with Crippen LogP contribution < -0.4 is 10.0 Å². The lowest BCUT2D eigenvalue weighted by Crippen LogP contribution is -2.46. The van der Waals surface area contributed by atoms with Crippen LogP contribution in [0.5, 0.6) is 0 Å². The molecule has 0 radical (unpaired) electrons. The van der Waals surface area contributed by atoms with Crippen LogP contribution >= 0.6 is 0 Å². The molecule has 0 spiro atoms. The van der Waals surface area contributed by atoms with Gasteiger partial charge in [-0.25, -0.2) is 21.6 Å². The Kier molecular flexibility index (Phi) is 5.90. The van der Waals surface area contributed by atoms with Crippen molar-refractivity contribution in [2.45, 2.75) is 60.9 Å². The summed E-state index contributed by atoms with van der Waals surface area (Å²) in [6, 6.07) is 4.42. The van der Waals surface area contributed by atoms with Crippen LogP contribution in [0.4, 0.5) is 0 Å². The molecule has 2 fully saturated rings. The van der Waals surface area contributed by atoms with E-state index in [1.807, 2.05) is 6.92 Å². The fraction of sp³-hybridized carbons (Fsp3) is 0.588. The van der Waals surface area contributed by atoms with E-state index in [0.29, 0.717) is 19.4 Å². The van der Waals surface area contributed by atoms with E-state index in [9.17, 15) is 21.6 Å². The van der Waals surface area contributed by atoms with Gasteiger partial charge in [0.05, 0.1) is 9.79 Å². The summed E-state index contributed by atoms with van der Waals surface area (Å²) < 4.78 is 54.1. The number of nitrogens with one attached hydrogen (secondary N) is 2. The first-order chi connectivity index (χ1) is 12.8. The topological polar surface area (TPSA) is 113 Å². The van der Waals surface area contributed by atoms with Crippen molar-refractivity contribution in [2.75, 3.05) is 13.1 Å². The maximum Gasteiger partial charge on any atom is 0.243 e. The minimum absolute atomic E-state index is 0.0111. The zero-order valence-electron chi connectivity index (χ0n) is 15.2. The van der Waals surface area contributed by atoms with Crippen LogP contribution in [0.15, 0.2) is 34.1 Å². The molecule has 0 bridgehead atoms. The molecule has 1 aromatic carbocycles. The van der Waals surface area contributed by atoms with Crippen molar-refractivity contribution in [3.8, 4) is 0 Å². The van der Waals surface area contributed by atoms with Crippen LogP contribution in [0.1, 0.15) is 39.0 Å². The van der Waals surface area contributed by atoms with E-state index in [1.165, 1.54) is 28.6 Å². The van der Waals surface area contributed by atoms with Gasteiger partial charge in [-0.15, -0.1) is 0 Å². The van der Waals surface area contributed by atoms with Crippen molar-refractivity contribution in [3.05, 3.63) is 24.3 Å². The largest absolute Gasteiger partial charge is 0.355 e. The number of amides is 1. The molecule has 1 saturated carbocycles. The van der Waals surface area contributed by atoms with Crippen molar-refractivity contribution < 1.29 is 21.6 Å². The summed E-state index contributed by atoms with van der Waals surface area (Å²) in [5.74, 6) is -0.286. The highest BCUT2D eigenvalue weighted by atomic mass is 32.2. The fourth-order valence-electron chi connectivity index (χ4n) is 3.07. The van der Waals surface area contributed by atoms with Gasteiger partial charge >= 0.3 is 0 Å². The predicted molar refractivity (Wildman–Crippen MR) is 100 cm³/mol. The van der Waals surface area contributed by atoms with E-state index in [2.05, 4.69) is 10.0 Å². The van der Waals surface area contributed by atoms with Crippen molar-refractivity contribution in [1.29, 1.82) is 0 Å². The number of carbonyl (C=O) groups is 1. The third-order valence-electron chi connectivity index (χ3n) is 4.70. The maximum atomic E-state index is 13.0. The zero-order chi connectivity index (χ0) is 19.7. The van der Waals surface area contributed by atoms with Gasteiger partial charge in [0.25, 0.3) is 0 Å². The summed E-state index contributed by atoms with van der Waals surface area (Å²) in [5.41, 5.74) is 0.